The van der Waals surface area contributed by atoms with Gasteiger partial charge in [0.15, 0.2) is 0 Å². The minimum absolute atomic E-state index is 0.187. The number of urea groups is 1. The molecule has 1 rings (SSSR count). The number of amides is 2. The predicted molar refractivity (Wildman–Crippen MR) is 57.0 cm³/mol. The van der Waals surface area contributed by atoms with Crippen LogP contribution in [0.1, 0.15) is 13.8 Å². The predicted octanol–water partition coefficient (Wildman–Crippen LogP) is 0.640. The van der Waals surface area contributed by atoms with Gasteiger partial charge in [-0.1, -0.05) is 13.8 Å². The summed E-state index contributed by atoms with van der Waals surface area (Å²) < 4.78 is 0. The van der Waals surface area contributed by atoms with Crippen LogP contribution >= 0.6 is 0 Å². The molecule has 0 aromatic carbocycles. The normalized spacial score (nSPS) is 12.2. The fraction of sp³-hybridized carbons (Fsp3) is 0.444. The number of hydrogen-bond acceptors (Lipinski definition) is 3. The first-order chi connectivity index (χ1) is 7.50. The highest BCUT2D eigenvalue weighted by Gasteiger charge is 2.23. The smallest absolute Gasteiger partial charge is 0.326 e. The average molecular weight is 226 g/mol. The van der Waals surface area contributed by atoms with Crippen LogP contribution in [0.15, 0.2) is 12.4 Å². The highest BCUT2D eigenvalue weighted by Crippen LogP contribution is 2.04. The van der Waals surface area contributed by atoms with E-state index in [4.69, 9.17) is 5.11 Å². The maximum Gasteiger partial charge on any atom is 0.326 e. The van der Waals surface area contributed by atoms with Crippen LogP contribution in [0.5, 0.6) is 0 Å². The number of anilines is 1. The summed E-state index contributed by atoms with van der Waals surface area (Å²) in [6, 6.07) is -1.48. The standard InChI is InChI=1S/C9H14N4O3/c1-5(2)7(8(14)15)13-9(16)12-6-3-10-11-4-6/h3-5,7H,1-2H3,(H,10,11)(H,14,15)(H2,12,13,16). The van der Waals surface area contributed by atoms with E-state index in [1.54, 1.807) is 13.8 Å². The van der Waals surface area contributed by atoms with Crippen LogP contribution in [0.2, 0.25) is 0 Å². The number of aromatic amines is 1. The quantitative estimate of drug-likeness (QED) is 0.604. The second kappa shape index (κ2) is 5.15. The first-order valence-corrected chi connectivity index (χ1v) is 4.80. The van der Waals surface area contributed by atoms with Crippen molar-refractivity contribution in [3.05, 3.63) is 12.4 Å². The molecule has 1 heterocycles. The van der Waals surface area contributed by atoms with Crippen molar-refractivity contribution in [2.45, 2.75) is 19.9 Å². The Kier molecular flexibility index (Phi) is 3.87. The molecular formula is C9H14N4O3. The molecule has 0 aliphatic heterocycles. The monoisotopic (exact) mass is 226 g/mol. The third kappa shape index (κ3) is 3.26. The van der Waals surface area contributed by atoms with Crippen molar-refractivity contribution in [2.75, 3.05) is 5.32 Å². The summed E-state index contributed by atoms with van der Waals surface area (Å²) in [6.07, 6.45) is 2.91. The van der Waals surface area contributed by atoms with E-state index in [2.05, 4.69) is 20.8 Å². The van der Waals surface area contributed by atoms with E-state index in [1.807, 2.05) is 0 Å². The number of aliphatic carboxylic acids is 1. The van der Waals surface area contributed by atoms with E-state index in [0.717, 1.165) is 0 Å². The van der Waals surface area contributed by atoms with Crippen molar-refractivity contribution >= 4 is 17.7 Å². The first-order valence-electron chi connectivity index (χ1n) is 4.80. The van der Waals surface area contributed by atoms with Crippen molar-refractivity contribution in [2.24, 2.45) is 5.92 Å². The number of carbonyl (C=O) groups excluding carboxylic acids is 1. The molecule has 0 aliphatic rings. The molecule has 1 unspecified atom stereocenters. The van der Waals surface area contributed by atoms with E-state index < -0.39 is 18.0 Å². The maximum absolute atomic E-state index is 11.4. The molecule has 1 aromatic heterocycles. The van der Waals surface area contributed by atoms with Gasteiger partial charge in [-0.2, -0.15) is 5.10 Å². The summed E-state index contributed by atoms with van der Waals surface area (Å²) >= 11 is 0. The topological polar surface area (TPSA) is 107 Å². The summed E-state index contributed by atoms with van der Waals surface area (Å²) in [6.45, 7) is 3.44. The highest BCUT2D eigenvalue weighted by molar-refractivity contribution is 5.92. The molecule has 7 nitrogen and oxygen atoms in total. The van der Waals surface area contributed by atoms with Crippen molar-refractivity contribution in [3.8, 4) is 0 Å². The molecule has 88 valence electrons. The molecule has 0 saturated heterocycles. The van der Waals surface area contributed by atoms with Gasteiger partial charge >= 0.3 is 12.0 Å². The Balaban J connectivity index is 2.52. The van der Waals surface area contributed by atoms with E-state index in [1.165, 1.54) is 12.4 Å². The Bertz CT molecular complexity index is 361. The molecule has 0 bridgehead atoms. The van der Waals surface area contributed by atoms with Crippen molar-refractivity contribution < 1.29 is 14.7 Å². The molecule has 2 amide bonds. The fourth-order valence-corrected chi connectivity index (χ4v) is 1.14. The van der Waals surface area contributed by atoms with E-state index in [-0.39, 0.29) is 5.92 Å². The number of carboxylic acid groups (broad SMARTS) is 1. The minimum atomic E-state index is -1.06. The zero-order valence-electron chi connectivity index (χ0n) is 9.02. The SMILES string of the molecule is CC(C)C(NC(=O)Nc1cn[nH]c1)C(=O)O. The molecule has 0 fully saturated rings. The number of H-pyrrole nitrogens is 1. The third-order valence-corrected chi connectivity index (χ3v) is 1.98. The van der Waals surface area contributed by atoms with Crippen LogP contribution in [0, 0.1) is 5.92 Å². The highest BCUT2D eigenvalue weighted by atomic mass is 16.4. The molecule has 0 radical (unpaired) electrons. The first kappa shape index (κ1) is 12.0. The van der Waals surface area contributed by atoms with Gasteiger partial charge in [0.25, 0.3) is 0 Å². The fourth-order valence-electron chi connectivity index (χ4n) is 1.14. The Morgan fingerprint density at radius 2 is 2.19 bits per heavy atom. The lowest BCUT2D eigenvalue weighted by molar-refractivity contribution is -0.140. The van der Waals surface area contributed by atoms with Gasteiger partial charge in [0.05, 0.1) is 11.9 Å². The number of nitrogens with one attached hydrogen (secondary N) is 3. The van der Waals surface area contributed by atoms with E-state index in [9.17, 15) is 9.59 Å². The van der Waals surface area contributed by atoms with Gasteiger partial charge in [-0.05, 0) is 5.92 Å². The van der Waals surface area contributed by atoms with Gasteiger partial charge in [-0.25, -0.2) is 9.59 Å². The number of hydrogen-bond donors (Lipinski definition) is 4. The van der Waals surface area contributed by atoms with Crippen LogP contribution < -0.4 is 10.6 Å². The third-order valence-electron chi connectivity index (χ3n) is 1.98. The van der Waals surface area contributed by atoms with E-state index in [0.29, 0.717) is 5.69 Å². The Morgan fingerprint density at radius 3 is 2.62 bits per heavy atom. The zero-order valence-corrected chi connectivity index (χ0v) is 9.02. The molecule has 1 aromatic rings. The summed E-state index contributed by atoms with van der Waals surface area (Å²) in [5.41, 5.74) is 0.477. The van der Waals surface area contributed by atoms with Gasteiger partial charge < -0.3 is 15.7 Å². The van der Waals surface area contributed by atoms with Crippen LogP contribution in [0.25, 0.3) is 0 Å². The number of carboxylic acids is 1. The lowest BCUT2D eigenvalue weighted by Gasteiger charge is -2.17. The molecule has 1 atom stereocenters. The summed E-state index contributed by atoms with van der Waals surface area (Å²) in [7, 11) is 0. The number of carbonyl (C=O) groups is 2. The zero-order chi connectivity index (χ0) is 12.1. The molecular weight excluding hydrogens is 212 g/mol. The molecule has 4 N–H and O–H groups in total. The van der Waals surface area contributed by atoms with Gasteiger partial charge in [-0.15, -0.1) is 0 Å². The lowest BCUT2D eigenvalue weighted by Crippen LogP contribution is -2.46. The number of nitrogens with zero attached hydrogens (tertiary/aromatic N) is 1. The minimum Gasteiger partial charge on any atom is -0.480 e. The molecule has 0 spiro atoms. The Hall–Kier alpha value is -2.05. The summed E-state index contributed by atoms with van der Waals surface area (Å²) in [4.78, 5) is 22.2. The lowest BCUT2D eigenvalue weighted by atomic mass is 10.1. The Labute approximate surface area is 92.2 Å². The van der Waals surface area contributed by atoms with Crippen LogP contribution in [0.4, 0.5) is 10.5 Å². The van der Waals surface area contributed by atoms with Crippen LogP contribution in [-0.4, -0.2) is 33.3 Å². The van der Waals surface area contributed by atoms with Gasteiger partial charge in [0.1, 0.15) is 6.04 Å². The average Bonchev–Trinajstić information content (AvgIpc) is 2.65. The Morgan fingerprint density at radius 1 is 1.50 bits per heavy atom. The largest absolute Gasteiger partial charge is 0.480 e. The number of rotatable bonds is 4. The molecule has 0 aliphatic carbocycles. The molecule has 7 heteroatoms. The van der Waals surface area contributed by atoms with Crippen molar-refractivity contribution in [1.82, 2.24) is 15.5 Å². The summed E-state index contributed by atoms with van der Waals surface area (Å²) in [5.74, 6) is -1.25. The van der Waals surface area contributed by atoms with Gasteiger partial charge in [0, 0.05) is 6.20 Å². The van der Waals surface area contributed by atoms with Gasteiger partial charge in [0.2, 0.25) is 0 Å². The molecule has 0 saturated carbocycles. The van der Waals surface area contributed by atoms with Crippen molar-refractivity contribution in [1.29, 1.82) is 0 Å². The van der Waals surface area contributed by atoms with Crippen LogP contribution in [0.3, 0.4) is 0 Å². The van der Waals surface area contributed by atoms with Crippen molar-refractivity contribution in [3.63, 3.8) is 0 Å². The second-order valence-corrected chi connectivity index (χ2v) is 3.65. The summed E-state index contributed by atoms with van der Waals surface area (Å²) in [5, 5.41) is 19.8. The van der Waals surface area contributed by atoms with Gasteiger partial charge in [-0.3, -0.25) is 5.10 Å². The number of aromatic nitrogens is 2. The molecule has 16 heavy (non-hydrogen) atoms. The van der Waals surface area contributed by atoms with E-state index >= 15 is 0 Å². The second-order valence-electron chi connectivity index (χ2n) is 3.65. The van der Waals surface area contributed by atoms with Crippen LogP contribution in [-0.2, 0) is 4.79 Å². The maximum atomic E-state index is 11.4.